The number of nitrogens with two attached hydrogens (primary N) is 1. The summed E-state index contributed by atoms with van der Waals surface area (Å²) in [5, 5.41) is 0. The van der Waals surface area contributed by atoms with E-state index in [0.29, 0.717) is 11.3 Å². The third-order valence-corrected chi connectivity index (χ3v) is 1.54. The number of rotatable bonds is 0. The van der Waals surface area contributed by atoms with Gasteiger partial charge < -0.3 is 5.73 Å². The lowest BCUT2D eigenvalue weighted by molar-refractivity contribution is 1.15. The van der Waals surface area contributed by atoms with Crippen molar-refractivity contribution in [2.75, 3.05) is 5.73 Å². The second kappa shape index (κ2) is 2.41. The van der Waals surface area contributed by atoms with Crippen LogP contribution in [-0.4, -0.2) is 15.0 Å². The first-order chi connectivity index (χ1) is 5.75. The van der Waals surface area contributed by atoms with Crippen molar-refractivity contribution in [1.29, 1.82) is 0 Å². The van der Waals surface area contributed by atoms with Gasteiger partial charge in [-0.2, -0.15) is 0 Å². The summed E-state index contributed by atoms with van der Waals surface area (Å²) in [4.78, 5) is 12.3. The molecule has 0 amide bonds. The van der Waals surface area contributed by atoms with Crippen LogP contribution in [0, 0.1) is 6.92 Å². The van der Waals surface area contributed by atoms with Gasteiger partial charge in [0.25, 0.3) is 0 Å². The summed E-state index contributed by atoms with van der Waals surface area (Å²) in [5.74, 6) is 0. The summed E-state index contributed by atoms with van der Waals surface area (Å²) < 4.78 is 0. The molecule has 0 aliphatic carbocycles. The Hall–Kier alpha value is -1.71. The molecule has 0 saturated heterocycles. The van der Waals surface area contributed by atoms with Crippen LogP contribution in [0.3, 0.4) is 0 Å². The van der Waals surface area contributed by atoms with E-state index < -0.39 is 0 Å². The molecule has 0 radical (unpaired) electrons. The van der Waals surface area contributed by atoms with E-state index in [4.69, 9.17) is 5.73 Å². The molecule has 60 valence electrons. The quantitative estimate of drug-likeness (QED) is 0.622. The number of nitrogens with zero attached hydrogens (tertiary/aromatic N) is 3. The van der Waals surface area contributed by atoms with Gasteiger partial charge in [-0.05, 0) is 13.0 Å². The number of aryl methyl sites for hydroxylation is 1. The zero-order valence-electron chi connectivity index (χ0n) is 6.65. The fourth-order valence-corrected chi connectivity index (χ4v) is 1.02. The van der Waals surface area contributed by atoms with Gasteiger partial charge in [-0.25, -0.2) is 15.0 Å². The molecule has 0 fully saturated rings. The maximum atomic E-state index is 5.54. The molecule has 0 aromatic carbocycles. The van der Waals surface area contributed by atoms with Gasteiger partial charge in [0.05, 0.1) is 23.8 Å². The molecule has 0 unspecified atom stereocenters. The molecular weight excluding hydrogens is 152 g/mol. The molecule has 0 bridgehead atoms. The maximum absolute atomic E-state index is 5.54. The molecule has 0 aliphatic rings. The van der Waals surface area contributed by atoms with Crippen molar-refractivity contribution in [2.45, 2.75) is 6.92 Å². The summed E-state index contributed by atoms with van der Waals surface area (Å²) in [5.41, 5.74) is 8.41. The first-order valence-electron chi connectivity index (χ1n) is 3.60. The second-order valence-electron chi connectivity index (χ2n) is 2.62. The van der Waals surface area contributed by atoms with Crippen molar-refractivity contribution in [3.63, 3.8) is 0 Å². The van der Waals surface area contributed by atoms with Crippen molar-refractivity contribution in [1.82, 2.24) is 15.0 Å². The van der Waals surface area contributed by atoms with Crippen LogP contribution in [0.5, 0.6) is 0 Å². The highest BCUT2D eigenvalue weighted by Gasteiger charge is 1.97. The minimum Gasteiger partial charge on any atom is -0.397 e. The zero-order valence-corrected chi connectivity index (χ0v) is 6.65. The number of hydrogen-bond acceptors (Lipinski definition) is 4. The largest absolute Gasteiger partial charge is 0.397 e. The van der Waals surface area contributed by atoms with Crippen LogP contribution in [0.2, 0.25) is 0 Å². The summed E-state index contributed by atoms with van der Waals surface area (Å²) >= 11 is 0. The van der Waals surface area contributed by atoms with Crippen molar-refractivity contribution < 1.29 is 0 Å². The molecule has 2 aromatic heterocycles. The van der Waals surface area contributed by atoms with Crippen LogP contribution in [0.4, 0.5) is 5.69 Å². The van der Waals surface area contributed by atoms with Gasteiger partial charge in [0, 0.05) is 0 Å². The maximum Gasteiger partial charge on any atom is 0.178 e. The van der Waals surface area contributed by atoms with Gasteiger partial charge in [-0.15, -0.1) is 0 Å². The van der Waals surface area contributed by atoms with E-state index in [2.05, 4.69) is 15.0 Å². The summed E-state index contributed by atoms with van der Waals surface area (Å²) in [7, 11) is 0. The normalized spacial score (nSPS) is 10.4. The monoisotopic (exact) mass is 160 g/mol. The Morgan fingerprint density at radius 1 is 1.25 bits per heavy atom. The molecule has 0 spiro atoms. The minimum atomic E-state index is 0.613. The lowest BCUT2D eigenvalue weighted by Crippen LogP contribution is -1.92. The third-order valence-electron chi connectivity index (χ3n) is 1.54. The molecule has 0 saturated carbocycles. The Morgan fingerprint density at radius 2 is 2.00 bits per heavy atom. The van der Waals surface area contributed by atoms with Crippen LogP contribution < -0.4 is 5.73 Å². The molecule has 0 atom stereocenters. The number of nitrogen functional groups attached to an aromatic ring is 1. The number of anilines is 1. The van der Waals surface area contributed by atoms with Crippen LogP contribution in [0.15, 0.2) is 18.5 Å². The topological polar surface area (TPSA) is 64.7 Å². The van der Waals surface area contributed by atoms with Gasteiger partial charge in [0.1, 0.15) is 5.52 Å². The lowest BCUT2D eigenvalue weighted by Gasteiger charge is -1.97. The van der Waals surface area contributed by atoms with Crippen molar-refractivity contribution >= 4 is 16.9 Å². The lowest BCUT2D eigenvalue weighted by atomic mass is 10.3. The summed E-state index contributed by atoms with van der Waals surface area (Å²) in [6.07, 6.45) is 3.26. The fourth-order valence-electron chi connectivity index (χ4n) is 1.02. The first-order valence-corrected chi connectivity index (χ1v) is 3.60. The van der Waals surface area contributed by atoms with Crippen LogP contribution in [0.25, 0.3) is 11.2 Å². The molecule has 2 aromatic rings. The van der Waals surface area contributed by atoms with Gasteiger partial charge >= 0.3 is 0 Å². The van der Waals surface area contributed by atoms with E-state index in [-0.39, 0.29) is 0 Å². The highest BCUT2D eigenvalue weighted by atomic mass is 14.9. The molecule has 4 nitrogen and oxygen atoms in total. The molecule has 4 heteroatoms. The van der Waals surface area contributed by atoms with E-state index in [1.165, 1.54) is 0 Å². The van der Waals surface area contributed by atoms with E-state index in [1.54, 1.807) is 18.5 Å². The zero-order chi connectivity index (χ0) is 8.55. The van der Waals surface area contributed by atoms with Crippen molar-refractivity contribution in [3.05, 3.63) is 24.2 Å². The Kier molecular flexibility index (Phi) is 1.40. The Morgan fingerprint density at radius 3 is 2.83 bits per heavy atom. The van der Waals surface area contributed by atoms with Crippen LogP contribution in [0.1, 0.15) is 5.69 Å². The van der Waals surface area contributed by atoms with Gasteiger partial charge in [0.15, 0.2) is 5.65 Å². The van der Waals surface area contributed by atoms with E-state index >= 15 is 0 Å². The van der Waals surface area contributed by atoms with E-state index in [0.717, 1.165) is 11.2 Å². The smallest absolute Gasteiger partial charge is 0.178 e. The Balaban J connectivity index is 2.80. The van der Waals surface area contributed by atoms with E-state index in [1.807, 2.05) is 6.92 Å². The molecule has 12 heavy (non-hydrogen) atoms. The van der Waals surface area contributed by atoms with Crippen molar-refractivity contribution in [3.8, 4) is 0 Å². The summed E-state index contributed by atoms with van der Waals surface area (Å²) in [6.45, 7) is 1.88. The Bertz CT molecular complexity index is 388. The average Bonchev–Trinajstić information content (AvgIpc) is 2.03. The predicted octanol–water partition coefficient (Wildman–Crippen LogP) is 0.915. The molecular formula is C8H8N4. The van der Waals surface area contributed by atoms with E-state index in [9.17, 15) is 0 Å². The third kappa shape index (κ3) is 1.07. The van der Waals surface area contributed by atoms with Gasteiger partial charge in [0.2, 0.25) is 0 Å². The van der Waals surface area contributed by atoms with Gasteiger partial charge in [-0.1, -0.05) is 0 Å². The fraction of sp³-hybridized carbons (Fsp3) is 0.125. The first kappa shape index (κ1) is 6.97. The number of pyridine rings is 1. The molecule has 0 aliphatic heterocycles. The number of hydrogen-bond donors (Lipinski definition) is 1. The standard InChI is InChI=1S/C8H8N4/c1-5-3-10-8-7(12-5)2-6(9)4-11-8/h2-4H,9H2,1H3. The highest BCUT2D eigenvalue weighted by molar-refractivity contribution is 5.72. The van der Waals surface area contributed by atoms with Crippen LogP contribution >= 0.6 is 0 Å². The van der Waals surface area contributed by atoms with Crippen LogP contribution in [-0.2, 0) is 0 Å². The molecule has 2 rings (SSSR count). The average molecular weight is 160 g/mol. The molecule has 2 heterocycles. The number of aromatic nitrogens is 3. The second-order valence-corrected chi connectivity index (χ2v) is 2.62. The summed E-state index contributed by atoms with van der Waals surface area (Å²) in [6, 6.07) is 1.77. The minimum absolute atomic E-state index is 0.613. The predicted molar refractivity (Wildman–Crippen MR) is 46.5 cm³/mol. The highest BCUT2D eigenvalue weighted by Crippen LogP contribution is 2.09. The SMILES string of the molecule is Cc1cnc2ncc(N)cc2n1. The van der Waals surface area contributed by atoms with Gasteiger partial charge in [-0.3, -0.25) is 0 Å². The number of fused-ring (bicyclic) bond motifs is 1. The Labute approximate surface area is 69.5 Å². The van der Waals surface area contributed by atoms with Crippen molar-refractivity contribution in [2.24, 2.45) is 0 Å². The molecule has 2 N–H and O–H groups in total.